The molecule has 1 amide bonds. The Morgan fingerprint density at radius 1 is 1.06 bits per heavy atom. The predicted octanol–water partition coefficient (Wildman–Crippen LogP) is 4.15. The number of nitrogens with zero attached hydrogens (tertiary/aromatic N) is 1. The molecule has 0 atom stereocenters. The van der Waals surface area contributed by atoms with Crippen molar-refractivity contribution in [3.63, 3.8) is 0 Å². The van der Waals surface area contributed by atoms with E-state index in [0.717, 1.165) is 16.5 Å². The maximum Gasteiger partial charge on any atom is 0.408 e. The minimum absolute atomic E-state index is 0.163. The summed E-state index contributed by atoms with van der Waals surface area (Å²) in [6.45, 7) is 7.05. The normalized spacial score (nSPS) is 15.2. The van der Waals surface area contributed by atoms with Gasteiger partial charge >= 0.3 is 6.09 Å². The van der Waals surface area contributed by atoms with E-state index in [-0.39, 0.29) is 11.4 Å². The minimum atomic E-state index is -3.56. The van der Waals surface area contributed by atoms with Gasteiger partial charge in [0.1, 0.15) is 11.4 Å². The molecule has 1 aliphatic heterocycles. The highest BCUT2D eigenvalue weighted by Crippen LogP contribution is 2.35. The van der Waals surface area contributed by atoms with Crippen LogP contribution in [0.1, 0.15) is 26.5 Å². The molecule has 1 aliphatic rings. The molecule has 4 rings (SSSR count). The molecule has 0 saturated carbocycles. The molecule has 0 aliphatic carbocycles. The van der Waals surface area contributed by atoms with Crippen LogP contribution >= 0.6 is 0 Å². The van der Waals surface area contributed by atoms with Crippen LogP contribution in [0.5, 0.6) is 5.75 Å². The number of carbonyl (C=O) groups excluding carboxylic acids is 1. The molecule has 0 bridgehead atoms. The van der Waals surface area contributed by atoms with Gasteiger partial charge in [-0.05, 0) is 62.2 Å². The SMILES string of the molecule is COc1cc(-c2ccc(S(=O)(=O)N3CCOCC3)cc2)cc2cc(CNC(=O)OC(C)(C)C)oc12. The van der Waals surface area contributed by atoms with Gasteiger partial charge in [-0.2, -0.15) is 4.31 Å². The van der Waals surface area contributed by atoms with Gasteiger partial charge in [-0.1, -0.05) is 12.1 Å². The molecule has 0 spiro atoms. The molecule has 1 saturated heterocycles. The summed E-state index contributed by atoms with van der Waals surface area (Å²) in [5.41, 5.74) is 1.65. The Balaban J connectivity index is 1.56. The topological polar surface area (TPSA) is 107 Å². The van der Waals surface area contributed by atoms with E-state index in [2.05, 4.69) is 5.32 Å². The van der Waals surface area contributed by atoms with Crippen LogP contribution in [0, 0.1) is 0 Å². The highest BCUT2D eigenvalue weighted by molar-refractivity contribution is 7.89. The zero-order valence-electron chi connectivity index (χ0n) is 20.3. The fourth-order valence-corrected chi connectivity index (χ4v) is 5.22. The molecule has 3 aromatic rings. The third kappa shape index (κ3) is 5.77. The molecule has 2 aromatic carbocycles. The van der Waals surface area contributed by atoms with Crippen LogP contribution in [-0.2, 0) is 26.0 Å². The highest BCUT2D eigenvalue weighted by Gasteiger charge is 2.26. The van der Waals surface area contributed by atoms with E-state index in [0.29, 0.717) is 43.4 Å². The number of fused-ring (bicyclic) bond motifs is 1. The van der Waals surface area contributed by atoms with Gasteiger partial charge < -0.3 is 23.9 Å². The van der Waals surface area contributed by atoms with Crippen LogP contribution in [0.25, 0.3) is 22.1 Å². The van der Waals surface area contributed by atoms with Gasteiger partial charge in [0.15, 0.2) is 11.3 Å². The standard InChI is InChI=1S/C25H30N2O7S/c1-25(2,3)34-24(28)26-16-20-14-19-13-18(15-22(31-4)23(19)33-20)17-5-7-21(8-6-17)35(29,30)27-9-11-32-12-10-27/h5-8,13-15H,9-12,16H2,1-4H3,(H,26,28). The first kappa shape index (κ1) is 25.0. The summed E-state index contributed by atoms with van der Waals surface area (Å²) in [7, 11) is -2.01. The molecule has 1 N–H and O–H groups in total. The number of sulfonamides is 1. The summed E-state index contributed by atoms with van der Waals surface area (Å²) in [5, 5.41) is 3.48. The van der Waals surface area contributed by atoms with Crippen molar-refractivity contribution in [1.29, 1.82) is 0 Å². The van der Waals surface area contributed by atoms with E-state index >= 15 is 0 Å². The van der Waals surface area contributed by atoms with E-state index in [1.165, 1.54) is 4.31 Å². The molecule has 188 valence electrons. The zero-order chi connectivity index (χ0) is 25.2. The third-order valence-corrected chi connectivity index (χ3v) is 7.37. The molecule has 9 nitrogen and oxygen atoms in total. The number of hydrogen-bond acceptors (Lipinski definition) is 7. The minimum Gasteiger partial charge on any atom is -0.493 e. The van der Waals surface area contributed by atoms with Crippen molar-refractivity contribution in [3.05, 3.63) is 48.2 Å². The van der Waals surface area contributed by atoms with Gasteiger partial charge in [0, 0.05) is 18.5 Å². The molecule has 35 heavy (non-hydrogen) atoms. The predicted molar refractivity (Wildman–Crippen MR) is 131 cm³/mol. The molecule has 1 aromatic heterocycles. The second-order valence-corrected chi connectivity index (χ2v) is 11.1. The van der Waals surface area contributed by atoms with Crippen LogP contribution in [-0.4, -0.2) is 57.8 Å². The van der Waals surface area contributed by atoms with E-state index in [1.54, 1.807) is 52.1 Å². The van der Waals surface area contributed by atoms with Crippen LogP contribution in [0.15, 0.2) is 51.8 Å². The van der Waals surface area contributed by atoms with E-state index < -0.39 is 21.7 Å². The van der Waals surface area contributed by atoms with Crippen LogP contribution < -0.4 is 10.1 Å². The van der Waals surface area contributed by atoms with Gasteiger partial charge in [-0.15, -0.1) is 0 Å². The van der Waals surface area contributed by atoms with Crippen molar-refractivity contribution in [1.82, 2.24) is 9.62 Å². The largest absolute Gasteiger partial charge is 0.493 e. The molecule has 0 unspecified atom stereocenters. The molecule has 0 radical (unpaired) electrons. The first-order valence-electron chi connectivity index (χ1n) is 11.3. The number of methoxy groups -OCH3 is 1. The van der Waals surface area contributed by atoms with Gasteiger partial charge in [-0.25, -0.2) is 13.2 Å². The second kappa shape index (κ2) is 9.88. The maximum absolute atomic E-state index is 12.9. The number of ether oxygens (including phenoxy) is 3. The second-order valence-electron chi connectivity index (χ2n) is 9.21. The Labute approximate surface area is 205 Å². The fraction of sp³-hybridized carbons (Fsp3) is 0.400. The Morgan fingerprint density at radius 3 is 2.37 bits per heavy atom. The van der Waals surface area contributed by atoms with Gasteiger partial charge in [-0.3, -0.25) is 0 Å². The monoisotopic (exact) mass is 502 g/mol. The lowest BCUT2D eigenvalue weighted by molar-refractivity contribution is 0.0520. The third-order valence-electron chi connectivity index (χ3n) is 5.45. The molecular weight excluding hydrogens is 472 g/mol. The van der Waals surface area contributed by atoms with Gasteiger partial charge in [0.05, 0.1) is 31.8 Å². The molecule has 1 fully saturated rings. The number of benzene rings is 2. The number of morpholine rings is 1. The highest BCUT2D eigenvalue weighted by atomic mass is 32.2. The summed E-state index contributed by atoms with van der Waals surface area (Å²) < 4.78 is 49.2. The van der Waals surface area contributed by atoms with Crippen molar-refractivity contribution in [2.75, 3.05) is 33.4 Å². The Bertz CT molecular complexity index is 1300. The number of nitrogens with one attached hydrogen (secondary N) is 1. The van der Waals surface area contributed by atoms with Crippen molar-refractivity contribution in [2.45, 2.75) is 37.8 Å². The molecule has 10 heteroatoms. The van der Waals surface area contributed by atoms with Crippen molar-refractivity contribution >= 4 is 27.1 Å². The maximum atomic E-state index is 12.9. The summed E-state index contributed by atoms with van der Waals surface area (Å²) in [5.74, 6) is 1.08. The average molecular weight is 503 g/mol. The van der Waals surface area contributed by atoms with E-state index in [4.69, 9.17) is 18.6 Å². The first-order valence-corrected chi connectivity index (χ1v) is 12.8. The number of amides is 1. The summed E-state index contributed by atoms with van der Waals surface area (Å²) >= 11 is 0. The number of alkyl carbamates (subject to hydrolysis) is 1. The Morgan fingerprint density at radius 2 is 1.74 bits per heavy atom. The first-order chi connectivity index (χ1) is 16.6. The van der Waals surface area contributed by atoms with Crippen molar-refractivity contribution < 1.29 is 31.8 Å². The lowest BCUT2D eigenvalue weighted by Crippen LogP contribution is -2.40. The van der Waals surface area contributed by atoms with E-state index in [1.807, 2.05) is 18.2 Å². The van der Waals surface area contributed by atoms with Crippen LogP contribution in [0.3, 0.4) is 0 Å². The fourth-order valence-electron chi connectivity index (χ4n) is 3.81. The molecular formula is C25H30N2O7S. The number of hydrogen-bond donors (Lipinski definition) is 1. The van der Waals surface area contributed by atoms with Gasteiger partial charge in [0.2, 0.25) is 10.0 Å². The zero-order valence-corrected chi connectivity index (χ0v) is 21.1. The number of rotatable bonds is 6. The Hall–Kier alpha value is -3.08. The lowest BCUT2D eigenvalue weighted by Gasteiger charge is -2.26. The van der Waals surface area contributed by atoms with Gasteiger partial charge in [0.25, 0.3) is 0 Å². The van der Waals surface area contributed by atoms with E-state index in [9.17, 15) is 13.2 Å². The summed E-state index contributed by atoms with van der Waals surface area (Å²) in [6.07, 6.45) is -0.530. The quantitative estimate of drug-likeness (QED) is 0.539. The van der Waals surface area contributed by atoms with Crippen LogP contribution in [0.2, 0.25) is 0 Å². The van der Waals surface area contributed by atoms with Crippen LogP contribution in [0.4, 0.5) is 4.79 Å². The molecule has 2 heterocycles. The summed E-state index contributed by atoms with van der Waals surface area (Å²) in [4.78, 5) is 12.2. The van der Waals surface area contributed by atoms with Crippen molar-refractivity contribution in [3.8, 4) is 16.9 Å². The summed E-state index contributed by atoms with van der Waals surface area (Å²) in [6, 6.07) is 12.4. The smallest absolute Gasteiger partial charge is 0.408 e. The Kier molecular flexibility index (Phi) is 7.07. The van der Waals surface area contributed by atoms with Crippen molar-refractivity contribution in [2.24, 2.45) is 0 Å². The lowest BCUT2D eigenvalue weighted by atomic mass is 10.0. The average Bonchev–Trinajstić information content (AvgIpc) is 3.25. The number of carbonyl (C=O) groups is 1. The number of furan rings is 1.